The smallest absolute Gasteiger partial charge is 0.332 e. The van der Waals surface area contributed by atoms with Gasteiger partial charge in [-0.2, -0.15) is 10.5 Å². The molecule has 3 amide bonds. The molecule has 0 aliphatic carbocycles. The molecule has 8 nitrogen and oxygen atoms in total. The highest BCUT2D eigenvalue weighted by atomic mass is 32.2. The molecule has 2 aliphatic heterocycles. The van der Waals surface area contributed by atoms with E-state index in [4.69, 9.17) is 4.74 Å². The first-order valence-corrected chi connectivity index (χ1v) is 12.0. The van der Waals surface area contributed by atoms with Crippen molar-refractivity contribution in [1.29, 1.82) is 10.5 Å². The molecule has 0 bridgehead atoms. The summed E-state index contributed by atoms with van der Waals surface area (Å²) < 4.78 is 34.2. The van der Waals surface area contributed by atoms with E-state index in [-0.39, 0.29) is 35.4 Å². The molecule has 3 heterocycles. The van der Waals surface area contributed by atoms with Crippen LogP contribution in [0.15, 0.2) is 48.8 Å². The summed E-state index contributed by atoms with van der Waals surface area (Å²) in [4.78, 5) is 34.3. The van der Waals surface area contributed by atoms with Gasteiger partial charge in [0.15, 0.2) is 11.6 Å². The van der Waals surface area contributed by atoms with Gasteiger partial charge in [0.1, 0.15) is 11.1 Å². The summed E-state index contributed by atoms with van der Waals surface area (Å²) in [6.45, 7) is 0.0170. The van der Waals surface area contributed by atoms with Crippen LogP contribution in [0.5, 0.6) is 5.75 Å². The average Bonchev–Trinajstić information content (AvgIpc) is 3.34. The molecule has 5 rings (SSSR count). The summed E-state index contributed by atoms with van der Waals surface area (Å²) in [5.74, 6) is -1.99. The lowest BCUT2D eigenvalue weighted by Crippen LogP contribution is -2.62. The third kappa shape index (κ3) is 3.94. The van der Waals surface area contributed by atoms with E-state index in [0.29, 0.717) is 15.9 Å². The van der Waals surface area contributed by atoms with E-state index in [1.807, 2.05) is 12.1 Å². The highest BCUT2D eigenvalue weighted by molar-refractivity contribution is 8.09. The summed E-state index contributed by atoms with van der Waals surface area (Å²) in [7, 11) is 1.30. The van der Waals surface area contributed by atoms with Crippen molar-refractivity contribution in [3.05, 3.63) is 71.6 Å². The number of amides is 3. The Bertz CT molecular complexity index is 1570. The van der Waals surface area contributed by atoms with Crippen LogP contribution in [-0.2, 0) is 4.79 Å². The number of rotatable bonds is 5. The number of hydrogen-bond donors (Lipinski definition) is 0. The van der Waals surface area contributed by atoms with Gasteiger partial charge in [0.05, 0.1) is 49.2 Å². The fourth-order valence-electron chi connectivity index (χ4n) is 4.55. The zero-order chi connectivity index (χ0) is 26.3. The minimum atomic E-state index is -0.851. The SMILES string of the molecule is COc1cc(C2=CC3C(S2)C(=O)N(c2cncc4cccc(F)c24)C(=O)N3CCC#N)c(C#N)cc1F. The Balaban J connectivity index is 1.62. The molecule has 3 aromatic rings. The number of anilines is 1. The van der Waals surface area contributed by atoms with Gasteiger partial charge in [-0.05, 0) is 24.3 Å². The largest absolute Gasteiger partial charge is 0.494 e. The van der Waals surface area contributed by atoms with Crippen LogP contribution in [0.25, 0.3) is 15.7 Å². The molecule has 2 aliphatic rings. The average molecular weight is 518 g/mol. The number of methoxy groups -OCH3 is 1. The number of benzene rings is 2. The first kappa shape index (κ1) is 24.2. The fraction of sp³-hybridized carbons (Fsp3) is 0.192. The molecular formula is C26H17F2N5O3S. The summed E-state index contributed by atoms with van der Waals surface area (Å²) in [6, 6.07) is 9.29. The number of aromatic nitrogens is 1. The molecule has 2 unspecified atom stereocenters. The second-order valence-corrected chi connectivity index (χ2v) is 9.44. The molecule has 2 atom stereocenters. The van der Waals surface area contributed by atoms with E-state index in [0.717, 1.165) is 22.7 Å². The lowest BCUT2D eigenvalue weighted by atomic mass is 10.0. The van der Waals surface area contributed by atoms with Crippen molar-refractivity contribution in [3.63, 3.8) is 0 Å². The number of nitriles is 2. The minimum Gasteiger partial charge on any atom is -0.494 e. The number of fused-ring (bicyclic) bond motifs is 2. The number of halogens is 2. The Kier molecular flexibility index (Phi) is 6.24. The van der Waals surface area contributed by atoms with Gasteiger partial charge < -0.3 is 9.64 Å². The molecular weight excluding hydrogens is 500 g/mol. The van der Waals surface area contributed by atoms with E-state index < -0.39 is 34.9 Å². The second-order valence-electron chi connectivity index (χ2n) is 8.26. The predicted molar refractivity (Wildman–Crippen MR) is 132 cm³/mol. The highest BCUT2D eigenvalue weighted by Crippen LogP contribution is 2.47. The first-order chi connectivity index (χ1) is 17.9. The topological polar surface area (TPSA) is 110 Å². The van der Waals surface area contributed by atoms with Crippen LogP contribution < -0.4 is 9.64 Å². The number of carbonyl (C=O) groups is 2. The Morgan fingerprint density at radius 1 is 1.16 bits per heavy atom. The van der Waals surface area contributed by atoms with Gasteiger partial charge in [0.25, 0.3) is 5.91 Å². The molecule has 0 N–H and O–H groups in total. The van der Waals surface area contributed by atoms with Crippen LogP contribution in [0.1, 0.15) is 17.5 Å². The zero-order valence-electron chi connectivity index (χ0n) is 19.3. The van der Waals surface area contributed by atoms with Crippen LogP contribution in [0.3, 0.4) is 0 Å². The van der Waals surface area contributed by atoms with Gasteiger partial charge in [-0.15, -0.1) is 11.8 Å². The van der Waals surface area contributed by atoms with Crippen molar-refractivity contribution in [2.24, 2.45) is 0 Å². The molecule has 1 fully saturated rings. The molecule has 2 aromatic carbocycles. The maximum absolute atomic E-state index is 14.9. The van der Waals surface area contributed by atoms with Gasteiger partial charge in [-0.3, -0.25) is 9.78 Å². The van der Waals surface area contributed by atoms with E-state index in [1.165, 1.54) is 42.6 Å². The van der Waals surface area contributed by atoms with Gasteiger partial charge in [0, 0.05) is 34.0 Å². The second kappa shape index (κ2) is 9.52. The maximum atomic E-state index is 14.9. The van der Waals surface area contributed by atoms with Crippen molar-refractivity contribution >= 4 is 45.1 Å². The van der Waals surface area contributed by atoms with Gasteiger partial charge in [0.2, 0.25) is 0 Å². The lowest BCUT2D eigenvalue weighted by Gasteiger charge is -2.41. The minimum absolute atomic E-state index is 0.000789. The van der Waals surface area contributed by atoms with Crippen LogP contribution >= 0.6 is 11.8 Å². The summed E-state index contributed by atoms with van der Waals surface area (Å²) in [5.41, 5.74) is 0.390. The third-order valence-corrected chi connectivity index (χ3v) is 7.59. The van der Waals surface area contributed by atoms with E-state index in [9.17, 15) is 28.9 Å². The van der Waals surface area contributed by atoms with Crippen molar-refractivity contribution in [2.75, 3.05) is 18.6 Å². The van der Waals surface area contributed by atoms with Crippen molar-refractivity contribution in [1.82, 2.24) is 9.88 Å². The number of imide groups is 1. The summed E-state index contributed by atoms with van der Waals surface area (Å²) in [6.07, 6.45) is 4.36. The summed E-state index contributed by atoms with van der Waals surface area (Å²) >= 11 is 1.11. The van der Waals surface area contributed by atoms with E-state index >= 15 is 0 Å². The fourth-order valence-corrected chi connectivity index (χ4v) is 5.91. The Morgan fingerprint density at radius 3 is 2.70 bits per heavy atom. The zero-order valence-corrected chi connectivity index (χ0v) is 20.1. The molecule has 0 saturated carbocycles. The Morgan fingerprint density at radius 2 is 1.97 bits per heavy atom. The number of carbonyl (C=O) groups excluding carboxylic acids is 2. The lowest BCUT2D eigenvalue weighted by molar-refractivity contribution is -0.119. The monoisotopic (exact) mass is 517 g/mol. The molecule has 0 spiro atoms. The maximum Gasteiger partial charge on any atom is 0.332 e. The van der Waals surface area contributed by atoms with Crippen LogP contribution in [0.2, 0.25) is 0 Å². The van der Waals surface area contributed by atoms with E-state index in [2.05, 4.69) is 4.98 Å². The number of pyridine rings is 1. The highest BCUT2D eigenvalue weighted by Gasteiger charge is 2.50. The first-order valence-electron chi connectivity index (χ1n) is 11.1. The van der Waals surface area contributed by atoms with Crippen molar-refractivity contribution < 1.29 is 23.1 Å². The molecule has 0 radical (unpaired) electrons. The van der Waals surface area contributed by atoms with Gasteiger partial charge in [-0.1, -0.05) is 12.1 Å². The Labute approximate surface area is 214 Å². The van der Waals surface area contributed by atoms with Crippen LogP contribution in [0, 0.1) is 34.3 Å². The van der Waals surface area contributed by atoms with Crippen LogP contribution in [-0.4, -0.2) is 46.8 Å². The standard InChI is InChI=1S/C26H17F2N5O3S/c1-36-21-9-16(15(11-30)8-18(21)28)22-10-19-24(37-22)25(34)33(26(35)32(19)7-3-6-29)20-13-31-12-14-4-2-5-17(27)23(14)20/h2,4-5,8-10,12-13,19,24H,3,7H2,1H3. The molecule has 1 aromatic heterocycles. The molecule has 11 heteroatoms. The molecule has 37 heavy (non-hydrogen) atoms. The van der Waals surface area contributed by atoms with Crippen molar-refractivity contribution in [2.45, 2.75) is 17.7 Å². The van der Waals surface area contributed by atoms with Crippen molar-refractivity contribution in [3.8, 4) is 17.9 Å². The number of hydrogen-bond acceptors (Lipinski definition) is 7. The number of thioether (sulfide) groups is 1. The predicted octanol–water partition coefficient (Wildman–Crippen LogP) is 4.60. The Hall–Kier alpha value is -4.48. The third-order valence-electron chi connectivity index (χ3n) is 6.24. The van der Waals surface area contributed by atoms with Crippen LogP contribution in [0.4, 0.5) is 19.3 Å². The van der Waals surface area contributed by atoms with Gasteiger partial charge >= 0.3 is 6.03 Å². The normalized spacial score (nSPS) is 18.9. The quantitative estimate of drug-likeness (QED) is 0.486. The molecule has 184 valence electrons. The van der Waals surface area contributed by atoms with Gasteiger partial charge in [-0.25, -0.2) is 18.5 Å². The van der Waals surface area contributed by atoms with E-state index in [1.54, 1.807) is 12.1 Å². The molecule has 1 saturated heterocycles. The summed E-state index contributed by atoms with van der Waals surface area (Å²) in [5, 5.41) is 18.4. The number of ether oxygens (including phenoxy) is 1. The number of urea groups is 1. The number of nitrogens with zero attached hydrogens (tertiary/aromatic N) is 5.